The third kappa shape index (κ3) is 4.77. The number of amides is 2. The van der Waals surface area contributed by atoms with Crippen molar-refractivity contribution in [3.05, 3.63) is 97.2 Å². The first-order chi connectivity index (χ1) is 18.6. The number of hydrogen-bond acceptors (Lipinski definition) is 9. The van der Waals surface area contributed by atoms with E-state index in [1.807, 2.05) is 0 Å². The monoisotopic (exact) mass is 532 g/mol. The molecule has 3 N–H and O–H groups in total. The van der Waals surface area contributed by atoms with Crippen LogP contribution in [0.25, 0.3) is 16.9 Å². The standard InChI is InChI=1S/C25H20N6O8/c1-12-7-13(3-5-15(12)22(34)35)10-27-21(33)18-9-16(28-23-29-39-25(37)31(18)23)20(32)26-11-14-4-6-19-17(8-14)30(2)24(36)38-19/h3-9H,10-11H2,1-2H3,(H,26,32)(H,27,33)(H,34,35). The van der Waals surface area contributed by atoms with Crippen LogP contribution in [0.3, 0.4) is 0 Å². The minimum atomic E-state index is -1.06. The maximum Gasteiger partial charge on any atom is 0.448 e. The van der Waals surface area contributed by atoms with E-state index in [0.29, 0.717) is 27.8 Å². The van der Waals surface area contributed by atoms with Crippen LogP contribution in [0.1, 0.15) is 48.0 Å². The highest BCUT2D eigenvalue weighted by Gasteiger charge is 2.21. The third-order valence-corrected chi connectivity index (χ3v) is 6.07. The van der Waals surface area contributed by atoms with Gasteiger partial charge in [-0.05, 0) is 53.0 Å². The zero-order valence-corrected chi connectivity index (χ0v) is 20.5. The Labute approximate surface area is 217 Å². The fourth-order valence-electron chi connectivity index (χ4n) is 4.04. The number of aryl methyl sites for hydroxylation is 2. The van der Waals surface area contributed by atoms with Gasteiger partial charge in [-0.3, -0.25) is 18.7 Å². The number of aromatic carboxylic acids is 1. The minimum absolute atomic E-state index is 0.0178. The van der Waals surface area contributed by atoms with E-state index in [2.05, 4.69) is 25.3 Å². The number of nitrogens with zero attached hydrogens (tertiary/aromatic N) is 4. The highest BCUT2D eigenvalue weighted by Crippen LogP contribution is 2.15. The number of carbonyl (C=O) groups excluding carboxylic acids is 2. The van der Waals surface area contributed by atoms with Gasteiger partial charge in [0.25, 0.3) is 17.6 Å². The van der Waals surface area contributed by atoms with E-state index in [9.17, 15) is 29.1 Å². The number of oxazole rings is 1. The Hall–Kier alpha value is -5.53. The van der Waals surface area contributed by atoms with Crippen molar-refractivity contribution in [3.63, 3.8) is 0 Å². The molecule has 2 amide bonds. The molecule has 0 radical (unpaired) electrons. The van der Waals surface area contributed by atoms with Gasteiger partial charge < -0.3 is 20.2 Å². The molecule has 0 bridgehead atoms. The molecule has 0 aliphatic heterocycles. The maximum atomic E-state index is 13.0. The molecule has 0 spiro atoms. The average molecular weight is 532 g/mol. The van der Waals surface area contributed by atoms with E-state index in [1.54, 1.807) is 44.3 Å². The summed E-state index contributed by atoms with van der Waals surface area (Å²) >= 11 is 0. The predicted molar refractivity (Wildman–Crippen MR) is 133 cm³/mol. The van der Waals surface area contributed by atoms with Gasteiger partial charge in [-0.25, -0.2) is 23.8 Å². The van der Waals surface area contributed by atoms with Crippen LogP contribution >= 0.6 is 0 Å². The lowest BCUT2D eigenvalue weighted by molar-refractivity contribution is 0.0695. The van der Waals surface area contributed by atoms with Gasteiger partial charge in [-0.2, -0.15) is 0 Å². The van der Waals surface area contributed by atoms with Crippen molar-refractivity contribution in [3.8, 4) is 0 Å². The van der Waals surface area contributed by atoms with Crippen LogP contribution in [0.4, 0.5) is 0 Å². The predicted octanol–water partition coefficient (Wildman–Crippen LogP) is 0.994. The average Bonchev–Trinajstić information content (AvgIpc) is 3.43. The number of benzene rings is 2. The summed E-state index contributed by atoms with van der Waals surface area (Å²) in [6.45, 7) is 1.72. The number of fused-ring (bicyclic) bond motifs is 2. The quantitative estimate of drug-likeness (QED) is 0.272. The fraction of sp³-hybridized carbons (Fsp3) is 0.160. The van der Waals surface area contributed by atoms with Crippen LogP contribution in [0.5, 0.6) is 0 Å². The molecular weight excluding hydrogens is 512 g/mol. The Morgan fingerprint density at radius 3 is 2.36 bits per heavy atom. The number of carbonyl (C=O) groups is 3. The summed E-state index contributed by atoms with van der Waals surface area (Å²) in [4.78, 5) is 65.1. The number of carboxylic acids is 1. The van der Waals surface area contributed by atoms with Gasteiger partial charge in [0.15, 0.2) is 5.58 Å². The molecule has 0 saturated heterocycles. The van der Waals surface area contributed by atoms with E-state index >= 15 is 0 Å². The zero-order chi connectivity index (χ0) is 27.8. The fourth-order valence-corrected chi connectivity index (χ4v) is 4.04. The van der Waals surface area contributed by atoms with E-state index < -0.39 is 29.3 Å². The maximum absolute atomic E-state index is 13.0. The molecule has 0 atom stereocenters. The second kappa shape index (κ2) is 9.74. The summed E-state index contributed by atoms with van der Waals surface area (Å²) in [6, 6.07) is 10.7. The van der Waals surface area contributed by atoms with Crippen LogP contribution in [0, 0.1) is 6.92 Å². The summed E-state index contributed by atoms with van der Waals surface area (Å²) in [5.41, 5.74) is 2.50. The summed E-state index contributed by atoms with van der Waals surface area (Å²) in [6.07, 6.45) is 0. The number of nitrogens with one attached hydrogen (secondary N) is 2. The molecule has 5 aromatic rings. The Kier molecular flexibility index (Phi) is 6.27. The summed E-state index contributed by atoms with van der Waals surface area (Å²) < 4.78 is 11.9. The van der Waals surface area contributed by atoms with Gasteiger partial charge in [-0.1, -0.05) is 18.2 Å². The van der Waals surface area contributed by atoms with Gasteiger partial charge in [0.1, 0.15) is 11.4 Å². The largest absolute Gasteiger partial charge is 0.478 e. The molecule has 3 aromatic heterocycles. The number of carboxylic acid groups (broad SMARTS) is 1. The normalized spacial score (nSPS) is 11.1. The Morgan fingerprint density at radius 1 is 0.949 bits per heavy atom. The van der Waals surface area contributed by atoms with Crippen LogP contribution < -0.4 is 22.1 Å². The molecule has 5 rings (SSSR count). The molecule has 0 unspecified atom stereocenters. The van der Waals surface area contributed by atoms with Crippen molar-refractivity contribution in [1.82, 2.24) is 29.7 Å². The first-order valence-electron chi connectivity index (χ1n) is 11.5. The van der Waals surface area contributed by atoms with Crippen LogP contribution in [-0.4, -0.2) is 42.0 Å². The molecule has 39 heavy (non-hydrogen) atoms. The summed E-state index contributed by atoms with van der Waals surface area (Å²) in [5, 5.41) is 18.0. The molecule has 14 nitrogen and oxygen atoms in total. The van der Waals surface area contributed by atoms with Crippen LogP contribution in [0.15, 0.2) is 61.0 Å². The third-order valence-electron chi connectivity index (χ3n) is 6.07. The van der Waals surface area contributed by atoms with Crippen LogP contribution in [0.2, 0.25) is 0 Å². The second-order valence-corrected chi connectivity index (χ2v) is 8.66. The summed E-state index contributed by atoms with van der Waals surface area (Å²) in [5.74, 6) is -4.18. The van der Waals surface area contributed by atoms with E-state index in [4.69, 9.17) is 4.42 Å². The second-order valence-electron chi connectivity index (χ2n) is 8.66. The molecule has 0 aliphatic rings. The van der Waals surface area contributed by atoms with Crippen molar-refractivity contribution in [2.45, 2.75) is 20.0 Å². The first kappa shape index (κ1) is 25.1. The Balaban J connectivity index is 1.36. The Bertz CT molecular complexity index is 1910. The van der Waals surface area contributed by atoms with E-state index in [1.165, 1.54) is 10.6 Å². The highest BCUT2D eigenvalue weighted by molar-refractivity contribution is 5.98. The lowest BCUT2D eigenvalue weighted by atomic mass is 10.1. The van der Waals surface area contributed by atoms with Crippen molar-refractivity contribution in [2.24, 2.45) is 7.05 Å². The molecule has 198 valence electrons. The van der Waals surface area contributed by atoms with E-state index in [0.717, 1.165) is 10.5 Å². The van der Waals surface area contributed by atoms with Gasteiger partial charge >= 0.3 is 17.5 Å². The smallest absolute Gasteiger partial charge is 0.448 e. The number of aromatic nitrogens is 4. The van der Waals surface area contributed by atoms with Crippen LogP contribution in [-0.2, 0) is 20.1 Å². The molecule has 14 heteroatoms. The van der Waals surface area contributed by atoms with E-state index in [-0.39, 0.29) is 35.8 Å². The van der Waals surface area contributed by atoms with Crippen molar-refractivity contribution in [2.75, 3.05) is 0 Å². The number of rotatable bonds is 7. The van der Waals surface area contributed by atoms with Gasteiger partial charge in [-0.15, -0.1) is 0 Å². The van der Waals surface area contributed by atoms with Gasteiger partial charge in [0.05, 0.1) is 11.1 Å². The van der Waals surface area contributed by atoms with Gasteiger partial charge in [0.2, 0.25) is 0 Å². The molecule has 0 fully saturated rings. The topological polar surface area (TPSA) is 191 Å². The molecule has 0 saturated carbocycles. The molecular formula is C25H20N6O8. The number of hydrogen-bond donors (Lipinski definition) is 3. The highest BCUT2D eigenvalue weighted by atomic mass is 16.5. The minimum Gasteiger partial charge on any atom is -0.478 e. The molecule has 3 heterocycles. The lowest BCUT2D eigenvalue weighted by Gasteiger charge is -2.10. The molecule has 0 aliphatic carbocycles. The Morgan fingerprint density at radius 2 is 1.64 bits per heavy atom. The SMILES string of the molecule is Cc1cc(CNC(=O)c2cc(C(=O)NCc3ccc4oc(=O)n(C)c4c3)nc3noc(=O)n23)ccc1C(=O)O. The first-order valence-corrected chi connectivity index (χ1v) is 11.5. The summed E-state index contributed by atoms with van der Waals surface area (Å²) in [7, 11) is 1.56. The van der Waals surface area contributed by atoms with Crippen molar-refractivity contribution < 1.29 is 28.4 Å². The lowest BCUT2D eigenvalue weighted by Crippen LogP contribution is -2.30. The van der Waals surface area contributed by atoms with Gasteiger partial charge in [0, 0.05) is 20.1 Å². The molecule has 2 aromatic carbocycles. The van der Waals surface area contributed by atoms with Crippen molar-refractivity contribution >= 4 is 34.7 Å². The van der Waals surface area contributed by atoms with Crippen molar-refractivity contribution in [1.29, 1.82) is 0 Å². The zero-order valence-electron chi connectivity index (χ0n) is 20.5.